The molecule has 0 N–H and O–H groups in total. The highest BCUT2D eigenvalue weighted by Gasteiger charge is 2.09. The highest BCUT2D eigenvalue weighted by molar-refractivity contribution is 9.10. The van der Waals surface area contributed by atoms with Crippen molar-refractivity contribution in [1.29, 1.82) is 0 Å². The summed E-state index contributed by atoms with van der Waals surface area (Å²) in [4.78, 5) is 0. The van der Waals surface area contributed by atoms with Gasteiger partial charge in [0.2, 0.25) is 5.28 Å². The summed E-state index contributed by atoms with van der Waals surface area (Å²) in [6, 6.07) is 3.74. The Kier molecular flexibility index (Phi) is 3.00. The van der Waals surface area contributed by atoms with Gasteiger partial charge in [0, 0.05) is 9.50 Å². The highest BCUT2D eigenvalue weighted by Crippen LogP contribution is 2.29. The summed E-state index contributed by atoms with van der Waals surface area (Å²) in [6.45, 7) is 1.94. The molecule has 2 aromatic rings. The molecule has 0 radical (unpaired) electrons. The molecule has 3 nitrogen and oxygen atoms in total. The van der Waals surface area contributed by atoms with Crippen LogP contribution in [0.15, 0.2) is 22.9 Å². The number of aryl methyl sites for hydroxylation is 1. The van der Waals surface area contributed by atoms with Gasteiger partial charge in [-0.05, 0) is 52.2 Å². The molecular formula is C9H6BrCl2N3. The van der Waals surface area contributed by atoms with E-state index in [1.807, 2.05) is 19.1 Å². The number of nitrogens with zero attached hydrogens (tertiary/aromatic N) is 3. The second kappa shape index (κ2) is 4.12. The topological polar surface area (TPSA) is 30.7 Å². The third-order valence-corrected chi connectivity index (χ3v) is 3.29. The summed E-state index contributed by atoms with van der Waals surface area (Å²) < 4.78 is 2.54. The molecule has 1 aromatic carbocycles. The van der Waals surface area contributed by atoms with Crippen LogP contribution in [0.1, 0.15) is 5.56 Å². The fourth-order valence-corrected chi connectivity index (χ4v) is 2.19. The van der Waals surface area contributed by atoms with Gasteiger partial charge >= 0.3 is 0 Å². The number of benzene rings is 1. The predicted octanol–water partition coefficient (Wildman–Crippen LogP) is 3.65. The quantitative estimate of drug-likeness (QED) is 0.805. The number of hydrogen-bond donors (Lipinski definition) is 0. The van der Waals surface area contributed by atoms with E-state index in [0.29, 0.717) is 10.3 Å². The van der Waals surface area contributed by atoms with Gasteiger partial charge in [-0.25, -0.2) is 0 Å². The molecule has 2 rings (SSSR count). The monoisotopic (exact) mass is 305 g/mol. The third-order valence-electron chi connectivity index (χ3n) is 1.99. The Balaban J connectivity index is 2.64. The molecule has 0 saturated heterocycles. The minimum absolute atomic E-state index is 0.301. The van der Waals surface area contributed by atoms with E-state index in [1.54, 1.807) is 4.57 Å². The van der Waals surface area contributed by atoms with E-state index in [9.17, 15) is 0 Å². The lowest BCUT2D eigenvalue weighted by Crippen LogP contribution is -1.94. The number of rotatable bonds is 1. The maximum absolute atomic E-state index is 6.04. The molecule has 0 amide bonds. The Labute approximate surface area is 105 Å². The van der Waals surface area contributed by atoms with Crippen molar-refractivity contribution in [2.75, 3.05) is 0 Å². The molecule has 0 unspecified atom stereocenters. The van der Waals surface area contributed by atoms with Crippen molar-refractivity contribution in [3.05, 3.63) is 38.8 Å². The van der Waals surface area contributed by atoms with Crippen molar-refractivity contribution in [3.8, 4) is 5.69 Å². The van der Waals surface area contributed by atoms with E-state index >= 15 is 0 Å². The number of aromatic nitrogens is 3. The van der Waals surface area contributed by atoms with Crippen molar-refractivity contribution in [2.45, 2.75) is 6.92 Å². The average Bonchev–Trinajstić information content (AvgIpc) is 2.58. The fourth-order valence-electron chi connectivity index (χ4n) is 1.20. The normalized spacial score (nSPS) is 10.7. The lowest BCUT2D eigenvalue weighted by Gasteiger charge is -2.08. The molecule has 0 aliphatic rings. The van der Waals surface area contributed by atoms with Crippen molar-refractivity contribution in [3.63, 3.8) is 0 Å². The van der Waals surface area contributed by atoms with Gasteiger partial charge in [0.15, 0.2) is 0 Å². The zero-order valence-electron chi connectivity index (χ0n) is 7.71. The van der Waals surface area contributed by atoms with Gasteiger partial charge in [0.25, 0.3) is 0 Å². The molecule has 6 heteroatoms. The van der Waals surface area contributed by atoms with E-state index in [1.165, 1.54) is 6.33 Å². The van der Waals surface area contributed by atoms with E-state index in [4.69, 9.17) is 23.2 Å². The van der Waals surface area contributed by atoms with Crippen molar-refractivity contribution in [2.24, 2.45) is 0 Å². The van der Waals surface area contributed by atoms with Gasteiger partial charge in [0.1, 0.15) is 6.33 Å². The summed E-state index contributed by atoms with van der Waals surface area (Å²) in [5, 5.41) is 8.39. The first-order valence-corrected chi connectivity index (χ1v) is 5.66. The van der Waals surface area contributed by atoms with Gasteiger partial charge in [-0.2, -0.15) is 0 Å². The molecule has 1 aromatic heterocycles. The van der Waals surface area contributed by atoms with Crippen LogP contribution in [0.4, 0.5) is 0 Å². The predicted molar refractivity (Wildman–Crippen MR) is 63.8 cm³/mol. The summed E-state index contributed by atoms with van der Waals surface area (Å²) >= 11 is 15.3. The first kappa shape index (κ1) is 10.9. The van der Waals surface area contributed by atoms with Crippen molar-refractivity contribution >= 4 is 39.1 Å². The van der Waals surface area contributed by atoms with Crippen LogP contribution in [0.2, 0.25) is 10.3 Å². The molecule has 0 spiro atoms. The van der Waals surface area contributed by atoms with Crippen LogP contribution in [0.25, 0.3) is 5.69 Å². The maximum atomic E-state index is 6.04. The fraction of sp³-hybridized carbons (Fsp3) is 0.111. The van der Waals surface area contributed by atoms with Crippen LogP contribution in [-0.2, 0) is 0 Å². The second-order valence-electron chi connectivity index (χ2n) is 3.02. The van der Waals surface area contributed by atoms with Crippen LogP contribution >= 0.6 is 39.1 Å². The second-order valence-corrected chi connectivity index (χ2v) is 4.62. The zero-order chi connectivity index (χ0) is 11.0. The minimum atomic E-state index is 0.301. The Hall–Kier alpha value is -0.580. The molecule has 0 saturated carbocycles. The lowest BCUT2D eigenvalue weighted by atomic mass is 10.2. The smallest absolute Gasteiger partial charge is 0.229 e. The summed E-state index contributed by atoms with van der Waals surface area (Å²) in [5.74, 6) is 0. The van der Waals surface area contributed by atoms with Gasteiger partial charge in [-0.1, -0.05) is 11.6 Å². The third kappa shape index (κ3) is 2.02. The molecule has 78 valence electrons. The molecule has 15 heavy (non-hydrogen) atoms. The van der Waals surface area contributed by atoms with Crippen LogP contribution in [0.3, 0.4) is 0 Å². The largest absolute Gasteiger partial charge is 0.271 e. The van der Waals surface area contributed by atoms with Gasteiger partial charge in [-0.3, -0.25) is 4.57 Å². The van der Waals surface area contributed by atoms with E-state index < -0.39 is 0 Å². The van der Waals surface area contributed by atoms with Crippen LogP contribution in [0, 0.1) is 6.92 Å². The highest BCUT2D eigenvalue weighted by atomic mass is 79.9. The standard InChI is InChI=1S/C9H6BrCl2N3/c1-5-2-6(10)8(3-7(5)11)15-4-13-14-9(15)12/h2-4H,1H3. The summed E-state index contributed by atoms with van der Waals surface area (Å²) in [5.41, 5.74) is 1.82. The summed E-state index contributed by atoms with van der Waals surface area (Å²) in [7, 11) is 0. The van der Waals surface area contributed by atoms with Gasteiger partial charge in [0.05, 0.1) is 5.69 Å². The zero-order valence-corrected chi connectivity index (χ0v) is 10.8. The van der Waals surface area contributed by atoms with Gasteiger partial charge < -0.3 is 0 Å². The molecule has 0 aliphatic heterocycles. The molecule has 1 heterocycles. The first-order valence-electron chi connectivity index (χ1n) is 4.11. The summed E-state index contributed by atoms with van der Waals surface area (Å²) in [6.07, 6.45) is 1.54. The lowest BCUT2D eigenvalue weighted by molar-refractivity contribution is 1.05. The van der Waals surface area contributed by atoms with Crippen LogP contribution < -0.4 is 0 Å². The van der Waals surface area contributed by atoms with Crippen LogP contribution in [0.5, 0.6) is 0 Å². The number of halogens is 3. The van der Waals surface area contributed by atoms with E-state index in [2.05, 4.69) is 26.1 Å². The molecule has 0 aliphatic carbocycles. The number of hydrogen-bond acceptors (Lipinski definition) is 2. The Morgan fingerprint density at radius 1 is 1.33 bits per heavy atom. The SMILES string of the molecule is Cc1cc(Br)c(-n2cnnc2Cl)cc1Cl. The van der Waals surface area contributed by atoms with Gasteiger partial charge in [-0.15, -0.1) is 10.2 Å². The van der Waals surface area contributed by atoms with Crippen molar-refractivity contribution in [1.82, 2.24) is 14.8 Å². The first-order chi connectivity index (χ1) is 7.09. The van der Waals surface area contributed by atoms with E-state index in [-0.39, 0.29) is 0 Å². The Morgan fingerprint density at radius 3 is 2.67 bits per heavy atom. The molecule has 0 bridgehead atoms. The maximum Gasteiger partial charge on any atom is 0.229 e. The molecular weight excluding hydrogens is 301 g/mol. The van der Waals surface area contributed by atoms with Crippen molar-refractivity contribution < 1.29 is 0 Å². The molecule has 0 atom stereocenters. The van der Waals surface area contributed by atoms with Crippen LogP contribution in [-0.4, -0.2) is 14.8 Å². The Bertz CT molecular complexity index is 510. The Morgan fingerprint density at radius 2 is 2.07 bits per heavy atom. The average molecular weight is 307 g/mol. The molecule has 0 fully saturated rings. The minimum Gasteiger partial charge on any atom is -0.271 e. The van der Waals surface area contributed by atoms with E-state index in [0.717, 1.165) is 15.7 Å².